The number of ether oxygens (including phenoxy) is 1. The van der Waals surface area contributed by atoms with Crippen LogP contribution in [0.25, 0.3) is 0 Å². The van der Waals surface area contributed by atoms with Gasteiger partial charge in [-0.15, -0.1) is 0 Å². The Kier molecular flexibility index (Phi) is 7.00. The van der Waals surface area contributed by atoms with Gasteiger partial charge in [-0.25, -0.2) is 0 Å². The van der Waals surface area contributed by atoms with Crippen LogP contribution in [-0.4, -0.2) is 24.4 Å². The SMILES string of the molecule is CC(C)C(C)C(CC(C)(C)C)C(=O)OC(C(F)(F)F)C(F)(F)F. The van der Waals surface area contributed by atoms with Crippen molar-refractivity contribution < 1.29 is 35.9 Å². The van der Waals surface area contributed by atoms with E-state index in [9.17, 15) is 31.1 Å². The first-order valence-corrected chi connectivity index (χ1v) is 7.30. The maximum atomic E-state index is 12.5. The minimum Gasteiger partial charge on any atom is -0.443 e. The number of alkyl halides is 6. The molecule has 0 aliphatic carbocycles. The van der Waals surface area contributed by atoms with Crippen molar-refractivity contribution in [3.8, 4) is 0 Å². The highest BCUT2D eigenvalue weighted by atomic mass is 19.4. The van der Waals surface area contributed by atoms with E-state index in [-0.39, 0.29) is 12.3 Å². The third kappa shape index (κ3) is 7.44. The summed E-state index contributed by atoms with van der Waals surface area (Å²) in [4.78, 5) is 12.0. The normalized spacial score (nSPS) is 16.6. The van der Waals surface area contributed by atoms with Crippen molar-refractivity contribution in [3.63, 3.8) is 0 Å². The van der Waals surface area contributed by atoms with Crippen molar-refractivity contribution in [1.82, 2.24) is 0 Å². The molecule has 0 aliphatic rings. The molecule has 0 aromatic heterocycles. The lowest BCUT2D eigenvalue weighted by atomic mass is 9.75. The number of hydrogen-bond acceptors (Lipinski definition) is 2. The van der Waals surface area contributed by atoms with Crippen LogP contribution in [0.3, 0.4) is 0 Å². The number of halogens is 6. The molecule has 0 fully saturated rings. The van der Waals surface area contributed by atoms with Gasteiger partial charge in [0.2, 0.25) is 0 Å². The Morgan fingerprint density at radius 1 is 0.913 bits per heavy atom. The van der Waals surface area contributed by atoms with Crippen LogP contribution in [0.5, 0.6) is 0 Å². The molecule has 2 nitrogen and oxygen atoms in total. The van der Waals surface area contributed by atoms with Gasteiger partial charge < -0.3 is 4.74 Å². The summed E-state index contributed by atoms with van der Waals surface area (Å²) in [6, 6.07) is 0. The molecule has 0 aromatic rings. The van der Waals surface area contributed by atoms with Gasteiger partial charge in [-0.1, -0.05) is 41.5 Å². The number of esters is 1. The molecule has 0 saturated carbocycles. The molecule has 0 bridgehead atoms. The fraction of sp³-hybridized carbons (Fsp3) is 0.933. The monoisotopic (exact) mass is 350 g/mol. The lowest BCUT2D eigenvalue weighted by Gasteiger charge is -2.32. The fourth-order valence-corrected chi connectivity index (χ4v) is 2.13. The predicted molar refractivity (Wildman–Crippen MR) is 73.6 cm³/mol. The van der Waals surface area contributed by atoms with Crippen LogP contribution in [0.1, 0.15) is 48.0 Å². The summed E-state index contributed by atoms with van der Waals surface area (Å²) >= 11 is 0. The summed E-state index contributed by atoms with van der Waals surface area (Å²) in [7, 11) is 0. The lowest BCUT2D eigenvalue weighted by Crippen LogP contribution is -2.47. The zero-order valence-electron chi connectivity index (χ0n) is 14.1. The second-order valence-electron chi connectivity index (χ2n) is 7.37. The average Bonchev–Trinajstić information content (AvgIpc) is 2.27. The average molecular weight is 350 g/mol. The minimum absolute atomic E-state index is 0.0925. The van der Waals surface area contributed by atoms with Crippen molar-refractivity contribution in [2.75, 3.05) is 0 Å². The third-order valence-electron chi connectivity index (χ3n) is 3.65. The maximum absolute atomic E-state index is 12.5. The van der Waals surface area contributed by atoms with Crippen molar-refractivity contribution >= 4 is 5.97 Å². The molecule has 0 amide bonds. The summed E-state index contributed by atoms with van der Waals surface area (Å²) < 4.78 is 79.1. The summed E-state index contributed by atoms with van der Waals surface area (Å²) in [6.07, 6.45) is -15.3. The minimum atomic E-state index is -5.69. The molecular weight excluding hydrogens is 326 g/mol. The second kappa shape index (κ2) is 7.30. The van der Waals surface area contributed by atoms with E-state index in [4.69, 9.17) is 0 Å². The molecule has 0 aliphatic heterocycles. The van der Waals surface area contributed by atoms with E-state index in [1.807, 2.05) is 0 Å². The predicted octanol–water partition coefficient (Wildman–Crippen LogP) is 5.37. The Labute approximate surface area is 132 Å². The highest BCUT2D eigenvalue weighted by Gasteiger charge is 2.60. The van der Waals surface area contributed by atoms with E-state index in [1.165, 1.54) is 0 Å². The molecule has 8 heteroatoms. The quantitative estimate of drug-likeness (QED) is 0.492. The van der Waals surface area contributed by atoms with Crippen LogP contribution < -0.4 is 0 Å². The van der Waals surface area contributed by atoms with Gasteiger partial charge in [0, 0.05) is 0 Å². The zero-order chi connectivity index (χ0) is 18.8. The van der Waals surface area contributed by atoms with Gasteiger partial charge in [0.25, 0.3) is 6.10 Å². The van der Waals surface area contributed by atoms with Gasteiger partial charge in [0.15, 0.2) is 0 Å². The molecule has 0 radical (unpaired) electrons. The Hall–Kier alpha value is -0.950. The highest BCUT2D eigenvalue weighted by molar-refractivity contribution is 5.73. The first-order chi connectivity index (χ1) is 9.97. The summed E-state index contributed by atoms with van der Waals surface area (Å²) in [5.41, 5.74) is -0.446. The number of carbonyl (C=O) groups is 1. The smallest absolute Gasteiger partial charge is 0.434 e. The zero-order valence-corrected chi connectivity index (χ0v) is 14.1. The van der Waals surface area contributed by atoms with Crippen molar-refractivity contribution in [2.45, 2.75) is 66.4 Å². The Bertz CT molecular complexity index is 378. The van der Waals surface area contributed by atoms with Crippen molar-refractivity contribution in [3.05, 3.63) is 0 Å². The van der Waals surface area contributed by atoms with Crippen LogP contribution in [0.15, 0.2) is 0 Å². The number of carbonyl (C=O) groups excluding carboxylic acids is 1. The Balaban J connectivity index is 5.44. The number of hydrogen-bond donors (Lipinski definition) is 0. The molecule has 0 saturated heterocycles. The van der Waals surface area contributed by atoms with Gasteiger partial charge in [-0.2, -0.15) is 26.3 Å². The van der Waals surface area contributed by atoms with E-state index in [2.05, 4.69) is 4.74 Å². The van der Waals surface area contributed by atoms with Crippen LogP contribution in [-0.2, 0) is 9.53 Å². The van der Waals surface area contributed by atoms with E-state index in [1.54, 1.807) is 41.5 Å². The van der Waals surface area contributed by atoms with E-state index >= 15 is 0 Å². The van der Waals surface area contributed by atoms with Crippen LogP contribution in [0.2, 0.25) is 0 Å². The first-order valence-electron chi connectivity index (χ1n) is 7.30. The molecule has 0 aromatic carbocycles. The summed E-state index contributed by atoms with van der Waals surface area (Å²) in [6.45, 7) is 10.4. The number of rotatable bonds is 5. The Morgan fingerprint density at radius 2 is 1.30 bits per heavy atom. The van der Waals surface area contributed by atoms with Gasteiger partial charge in [-0.05, 0) is 23.7 Å². The topological polar surface area (TPSA) is 26.3 Å². The molecule has 0 N–H and O–H groups in total. The second-order valence-corrected chi connectivity index (χ2v) is 7.37. The maximum Gasteiger partial charge on any atom is 0.434 e. The van der Waals surface area contributed by atoms with Crippen molar-refractivity contribution in [1.29, 1.82) is 0 Å². The molecule has 0 heterocycles. The standard InChI is InChI=1S/C15H24F6O2/c1-8(2)9(3)10(7-13(4,5)6)11(22)23-12(14(16,17)18)15(19,20)21/h8-10,12H,7H2,1-6H3. The molecule has 23 heavy (non-hydrogen) atoms. The van der Waals surface area contributed by atoms with E-state index in [0.29, 0.717) is 0 Å². The van der Waals surface area contributed by atoms with Gasteiger partial charge in [-0.3, -0.25) is 4.79 Å². The molecule has 138 valence electrons. The van der Waals surface area contributed by atoms with E-state index in [0.717, 1.165) is 0 Å². The van der Waals surface area contributed by atoms with Crippen LogP contribution in [0.4, 0.5) is 26.3 Å². The van der Waals surface area contributed by atoms with Gasteiger partial charge >= 0.3 is 18.3 Å². The first kappa shape index (κ1) is 22.1. The molecule has 0 rings (SSSR count). The third-order valence-corrected chi connectivity index (χ3v) is 3.65. The van der Waals surface area contributed by atoms with Crippen LogP contribution in [0, 0.1) is 23.2 Å². The Morgan fingerprint density at radius 3 is 1.57 bits per heavy atom. The fourth-order valence-electron chi connectivity index (χ4n) is 2.13. The van der Waals surface area contributed by atoms with E-state index < -0.39 is 41.7 Å². The lowest BCUT2D eigenvalue weighted by molar-refractivity contribution is -0.314. The molecule has 0 spiro atoms. The summed E-state index contributed by atoms with van der Waals surface area (Å²) in [5, 5.41) is 0. The molecular formula is C15H24F6O2. The largest absolute Gasteiger partial charge is 0.443 e. The van der Waals surface area contributed by atoms with Gasteiger partial charge in [0.1, 0.15) is 0 Å². The molecule has 2 unspecified atom stereocenters. The van der Waals surface area contributed by atoms with Crippen molar-refractivity contribution in [2.24, 2.45) is 23.2 Å². The van der Waals surface area contributed by atoms with Crippen LogP contribution >= 0.6 is 0 Å². The summed E-state index contributed by atoms with van der Waals surface area (Å²) in [5.74, 6) is -3.00. The van der Waals surface area contributed by atoms with Gasteiger partial charge in [0.05, 0.1) is 5.92 Å². The molecule has 2 atom stereocenters. The highest BCUT2D eigenvalue weighted by Crippen LogP contribution is 2.38.